The predicted molar refractivity (Wildman–Crippen MR) is 94.3 cm³/mol. The van der Waals surface area contributed by atoms with Crippen molar-refractivity contribution in [3.8, 4) is 0 Å². The van der Waals surface area contributed by atoms with Crippen LogP contribution in [-0.2, 0) is 0 Å². The quantitative estimate of drug-likeness (QED) is 0.559. The SMILES string of the molecule is Cc1ccc(N=Cc2ccsc2)c(N=Cc2ccsc2)c1. The van der Waals surface area contributed by atoms with E-state index in [0.29, 0.717) is 0 Å². The molecule has 0 N–H and O–H groups in total. The van der Waals surface area contributed by atoms with Crippen molar-refractivity contribution < 1.29 is 0 Å². The van der Waals surface area contributed by atoms with Crippen LogP contribution in [0.2, 0.25) is 0 Å². The van der Waals surface area contributed by atoms with E-state index in [1.165, 1.54) is 5.56 Å². The molecule has 104 valence electrons. The molecule has 0 bridgehead atoms. The molecule has 2 nitrogen and oxygen atoms in total. The van der Waals surface area contributed by atoms with Crippen LogP contribution in [0.1, 0.15) is 16.7 Å². The van der Waals surface area contributed by atoms with Gasteiger partial charge in [-0.05, 0) is 58.3 Å². The molecule has 0 amide bonds. The summed E-state index contributed by atoms with van der Waals surface area (Å²) in [6, 6.07) is 10.2. The number of nitrogens with zero attached hydrogens (tertiary/aromatic N) is 2. The Hall–Kier alpha value is -2.04. The largest absolute Gasteiger partial charge is 0.254 e. The Labute approximate surface area is 132 Å². The molecule has 0 aliphatic rings. The zero-order valence-electron chi connectivity index (χ0n) is 11.6. The Morgan fingerprint density at radius 1 is 0.810 bits per heavy atom. The summed E-state index contributed by atoms with van der Waals surface area (Å²) in [6.45, 7) is 2.07. The van der Waals surface area contributed by atoms with Crippen molar-refractivity contribution in [1.82, 2.24) is 0 Å². The Morgan fingerprint density at radius 3 is 2.00 bits per heavy atom. The van der Waals surface area contributed by atoms with E-state index in [9.17, 15) is 0 Å². The molecule has 2 heterocycles. The molecule has 21 heavy (non-hydrogen) atoms. The highest BCUT2D eigenvalue weighted by atomic mass is 32.1. The lowest BCUT2D eigenvalue weighted by molar-refractivity contribution is 1.40. The highest BCUT2D eigenvalue weighted by Gasteiger charge is 2.00. The van der Waals surface area contributed by atoms with Gasteiger partial charge in [-0.15, -0.1) is 0 Å². The second kappa shape index (κ2) is 6.61. The summed E-state index contributed by atoms with van der Waals surface area (Å²) >= 11 is 3.34. The molecular formula is C17H14N2S2. The van der Waals surface area contributed by atoms with E-state index in [1.807, 2.05) is 29.3 Å². The van der Waals surface area contributed by atoms with Crippen molar-refractivity contribution >= 4 is 46.5 Å². The van der Waals surface area contributed by atoms with Gasteiger partial charge in [0, 0.05) is 23.6 Å². The fraction of sp³-hybridized carbons (Fsp3) is 0.0588. The van der Waals surface area contributed by atoms with Gasteiger partial charge in [0.15, 0.2) is 0 Å². The van der Waals surface area contributed by atoms with Gasteiger partial charge in [0.05, 0.1) is 11.4 Å². The van der Waals surface area contributed by atoms with Crippen LogP contribution in [0.3, 0.4) is 0 Å². The van der Waals surface area contributed by atoms with Crippen molar-refractivity contribution in [3.63, 3.8) is 0 Å². The molecule has 1 aromatic carbocycles. The maximum atomic E-state index is 4.58. The fourth-order valence-electron chi connectivity index (χ4n) is 1.83. The van der Waals surface area contributed by atoms with E-state index < -0.39 is 0 Å². The first-order valence-corrected chi connectivity index (χ1v) is 8.43. The van der Waals surface area contributed by atoms with Crippen LogP contribution in [0.25, 0.3) is 0 Å². The summed E-state index contributed by atoms with van der Waals surface area (Å²) in [6.07, 6.45) is 3.76. The Bertz CT molecular complexity index is 754. The van der Waals surface area contributed by atoms with Crippen molar-refractivity contribution in [2.45, 2.75) is 6.92 Å². The maximum Gasteiger partial charge on any atom is 0.0888 e. The van der Waals surface area contributed by atoms with E-state index in [4.69, 9.17) is 0 Å². The molecule has 2 aromatic heterocycles. The third-order valence-electron chi connectivity index (χ3n) is 2.92. The topological polar surface area (TPSA) is 24.7 Å². The van der Waals surface area contributed by atoms with Crippen LogP contribution in [0, 0.1) is 6.92 Å². The van der Waals surface area contributed by atoms with Gasteiger partial charge in [-0.1, -0.05) is 6.07 Å². The highest BCUT2D eigenvalue weighted by Crippen LogP contribution is 2.29. The predicted octanol–water partition coefficient (Wildman–Crippen LogP) is 5.62. The average Bonchev–Trinajstić information content (AvgIpc) is 3.17. The molecule has 0 saturated heterocycles. The van der Waals surface area contributed by atoms with E-state index in [1.54, 1.807) is 22.7 Å². The molecule has 0 aliphatic heterocycles. The first kappa shape index (κ1) is 13.9. The van der Waals surface area contributed by atoms with Crippen LogP contribution in [-0.4, -0.2) is 12.4 Å². The lowest BCUT2D eigenvalue weighted by Crippen LogP contribution is -1.79. The van der Waals surface area contributed by atoms with Gasteiger partial charge < -0.3 is 0 Å². The summed E-state index contributed by atoms with van der Waals surface area (Å²) in [5.41, 5.74) is 5.20. The summed E-state index contributed by atoms with van der Waals surface area (Å²) in [5, 5.41) is 8.25. The van der Waals surface area contributed by atoms with Crippen molar-refractivity contribution in [3.05, 3.63) is 68.5 Å². The van der Waals surface area contributed by atoms with E-state index >= 15 is 0 Å². The number of benzene rings is 1. The van der Waals surface area contributed by atoms with Gasteiger partial charge in [0.25, 0.3) is 0 Å². The van der Waals surface area contributed by atoms with Gasteiger partial charge in [0.1, 0.15) is 0 Å². The van der Waals surface area contributed by atoms with Gasteiger partial charge in [-0.25, -0.2) is 0 Å². The number of thiophene rings is 2. The maximum absolute atomic E-state index is 4.58. The monoisotopic (exact) mass is 310 g/mol. The number of rotatable bonds is 4. The first-order chi connectivity index (χ1) is 10.3. The van der Waals surface area contributed by atoms with Crippen LogP contribution < -0.4 is 0 Å². The first-order valence-electron chi connectivity index (χ1n) is 6.54. The van der Waals surface area contributed by atoms with Gasteiger partial charge >= 0.3 is 0 Å². The van der Waals surface area contributed by atoms with Crippen molar-refractivity contribution in [2.24, 2.45) is 9.98 Å². The average molecular weight is 310 g/mol. The Balaban J connectivity index is 1.89. The molecule has 3 rings (SSSR count). The Kier molecular flexibility index (Phi) is 4.38. The normalized spacial score (nSPS) is 11.7. The molecule has 0 atom stereocenters. The number of aryl methyl sites for hydroxylation is 1. The van der Waals surface area contributed by atoms with E-state index in [0.717, 1.165) is 22.5 Å². The fourth-order valence-corrected chi connectivity index (χ4v) is 3.05. The van der Waals surface area contributed by atoms with Crippen molar-refractivity contribution in [1.29, 1.82) is 0 Å². The third-order valence-corrected chi connectivity index (χ3v) is 4.33. The van der Waals surface area contributed by atoms with Crippen LogP contribution in [0.4, 0.5) is 11.4 Å². The molecule has 4 heteroatoms. The molecule has 0 fully saturated rings. The Morgan fingerprint density at radius 2 is 1.43 bits per heavy atom. The standard InChI is InChI=1S/C17H14N2S2/c1-13-2-3-16(18-9-14-4-6-20-11-14)17(8-13)19-10-15-5-7-21-12-15/h2-12H,1H3. The number of hydrogen-bond donors (Lipinski definition) is 0. The lowest BCUT2D eigenvalue weighted by Gasteiger charge is -2.01. The summed E-state index contributed by atoms with van der Waals surface area (Å²) < 4.78 is 0. The van der Waals surface area contributed by atoms with Crippen LogP contribution >= 0.6 is 22.7 Å². The van der Waals surface area contributed by atoms with Crippen molar-refractivity contribution in [2.75, 3.05) is 0 Å². The molecular weight excluding hydrogens is 296 g/mol. The minimum absolute atomic E-state index is 0.887. The second-order valence-electron chi connectivity index (χ2n) is 4.62. The molecule has 0 saturated carbocycles. The third kappa shape index (κ3) is 3.74. The minimum atomic E-state index is 0.887. The van der Waals surface area contributed by atoms with Gasteiger partial charge in [0.2, 0.25) is 0 Å². The molecule has 0 aliphatic carbocycles. The van der Waals surface area contributed by atoms with E-state index in [-0.39, 0.29) is 0 Å². The molecule has 0 radical (unpaired) electrons. The second-order valence-corrected chi connectivity index (χ2v) is 6.18. The summed E-state index contributed by atoms with van der Waals surface area (Å²) in [5.74, 6) is 0. The zero-order valence-corrected chi connectivity index (χ0v) is 13.2. The van der Waals surface area contributed by atoms with E-state index in [2.05, 4.69) is 51.9 Å². The summed E-state index contributed by atoms with van der Waals surface area (Å²) in [7, 11) is 0. The van der Waals surface area contributed by atoms with Gasteiger partial charge in [-0.2, -0.15) is 22.7 Å². The number of aliphatic imine (C=N–C) groups is 2. The van der Waals surface area contributed by atoms with Gasteiger partial charge in [-0.3, -0.25) is 9.98 Å². The smallest absolute Gasteiger partial charge is 0.0888 e. The zero-order chi connectivity index (χ0) is 14.5. The summed E-state index contributed by atoms with van der Waals surface area (Å²) in [4.78, 5) is 9.14. The lowest BCUT2D eigenvalue weighted by atomic mass is 10.2. The van der Waals surface area contributed by atoms with Crippen LogP contribution in [0.5, 0.6) is 0 Å². The molecule has 0 spiro atoms. The minimum Gasteiger partial charge on any atom is -0.254 e. The highest BCUT2D eigenvalue weighted by molar-refractivity contribution is 7.08. The number of hydrogen-bond acceptors (Lipinski definition) is 4. The molecule has 3 aromatic rings. The van der Waals surface area contributed by atoms with Crippen LogP contribution in [0.15, 0.2) is 61.8 Å². The molecule has 0 unspecified atom stereocenters.